The number of carbonyl (C=O) groups is 1. The lowest BCUT2D eigenvalue weighted by molar-refractivity contribution is -0.297. The second kappa shape index (κ2) is 5.41. The van der Waals surface area contributed by atoms with Crippen LogP contribution in [0.4, 0.5) is 41.2 Å². The van der Waals surface area contributed by atoms with E-state index in [1.807, 2.05) is 0 Å². The SMILES string of the molecule is CC(NC(=O)Nc1ccc(F)cc1)(C(F)(F)F)C(F)(F)F. The van der Waals surface area contributed by atoms with Gasteiger partial charge in [0.2, 0.25) is 5.54 Å². The Hall–Kier alpha value is -2.00. The Kier molecular flexibility index (Phi) is 4.40. The predicted molar refractivity (Wildman–Crippen MR) is 59.1 cm³/mol. The van der Waals surface area contributed by atoms with Gasteiger partial charge in [0, 0.05) is 5.69 Å². The molecule has 1 rings (SSSR count). The van der Waals surface area contributed by atoms with Crippen molar-refractivity contribution < 1.29 is 35.5 Å². The van der Waals surface area contributed by atoms with Crippen LogP contribution in [0.1, 0.15) is 6.92 Å². The van der Waals surface area contributed by atoms with Crippen molar-refractivity contribution in [2.75, 3.05) is 5.32 Å². The molecule has 0 radical (unpaired) electrons. The molecule has 0 aliphatic heterocycles. The summed E-state index contributed by atoms with van der Waals surface area (Å²) < 4.78 is 87.8. The van der Waals surface area contributed by atoms with Crippen LogP contribution in [-0.4, -0.2) is 23.9 Å². The molecule has 0 unspecified atom stereocenters. The van der Waals surface area contributed by atoms with Gasteiger partial charge in [-0.25, -0.2) is 9.18 Å². The third kappa shape index (κ3) is 3.76. The molecule has 0 saturated heterocycles. The monoisotopic (exact) mass is 318 g/mol. The fourth-order valence-corrected chi connectivity index (χ4v) is 1.23. The van der Waals surface area contributed by atoms with E-state index >= 15 is 0 Å². The average molecular weight is 318 g/mol. The van der Waals surface area contributed by atoms with Crippen LogP contribution in [0.2, 0.25) is 0 Å². The summed E-state index contributed by atoms with van der Waals surface area (Å²) in [6, 6.07) is 1.99. The average Bonchev–Trinajstić information content (AvgIpc) is 2.29. The number of alkyl halides is 6. The van der Waals surface area contributed by atoms with Crippen molar-refractivity contribution in [2.24, 2.45) is 0 Å². The van der Waals surface area contributed by atoms with Crippen LogP contribution in [0.25, 0.3) is 0 Å². The standard InChI is InChI=1S/C11H9F7N2O/c1-9(10(13,14)15,11(16,17)18)20-8(21)19-7-4-2-6(12)3-5-7/h2-5H,1H3,(H2,19,20,21). The van der Waals surface area contributed by atoms with Gasteiger partial charge in [-0.1, -0.05) is 0 Å². The molecule has 0 atom stereocenters. The molecule has 3 nitrogen and oxygen atoms in total. The van der Waals surface area contributed by atoms with Gasteiger partial charge in [0.15, 0.2) is 0 Å². The number of hydrogen-bond acceptors (Lipinski definition) is 1. The van der Waals surface area contributed by atoms with E-state index in [-0.39, 0.29) is 12.6 Å². The summed E-state index contributed by atoms with van der Waals surface area (Å²) in [6.45, 7) is -0.197. The number of benzene rings is 1. The molecule has 0 aliphatic carbocycles. The van der Waals surface area contributed by atoms with E-state index in [1.165, 1.54) is 0 Å². The molecule has 118 valence electrons. The fraction of sp³-hybridized carbons (Fsp3) is 0.364. The van der Waals surface area contributed by atoms with Gasteiger partial charge < -0.3 is 10.6 Å². The summed E-state index contributed by atoms with van der Waals surface area (Å²) in [5.74, 6) is -0.684. The third-order valence-electron chi connectivity index (χ3n) is 2.60. The van der Waals surface area contributed by atoms with Crippen LogP contribution in [0.5, 0.6) is 0 Å². The smallest absolute Gasteiger partial charge is 0.316 e. The lowest BCUT2D eigenvalue weighted by Gasteiger charge is -2.34. The molecule has 0 fully saturated rings. The van der Waals surface area contributed by atoms with Gasteiger partial charge in [0.25, 0.3) is 0 Å². The quantitative estimate of drug-likeness (QED) is 0.800. The molecule has 2 N–H and O–H groups in total. The van der Waals surface area contributed by atoms with Gasteiger partial charge in [0.1, 0.15) is 5.82 Å². The zero-order chi connectivity index (χ0) is 16.5. The number of hydrogen-bond donors (Lipinski definition) is 2. The van der Waals surface area contributed by atoms with Crippen molar-refractivity contribution in [3.05, 3.63) is 30.1 Å². The highest BCUT2D eigenvalue weighted by Crippen LogP contribution is 2.42. The van der Waals surface area contributed by atoms with E-state index in [1.54, 1.807) is 5.32 Å². The van der Waals surface area contributed by atoms with Crippen LogP contribution in [-0.2, 0) is 0 Å². The number of urea groups is 1. The second-order valence-electron chi connectivity index (χ2n) is 4.21. The van der Waals surface area contributed by atoms with Crippen LogP contribution in [0.15, 0.2) is 24.3 Å². The van der Waals surface area contributed by atoms with Gasteiger partial charge in [-0.15, -0.1) is 0 Å². The van der Waals surface area contributed by atoms with Crippen LogP contribution in [0.3, 0.4) is 0 Å². The predicted octanol–water partition coefficient (Wildman–Crippen LogP) is 3.83. The van der Waals surface area contributed by atoms with Crippen molar-refractivity contribution in [3.63, 3.8) is 0 Å². The van der Waals surface area contributed by atoms with Crippen LogP contribution >= 0.6 is 0 Å². The number of amides is 2. The number of halogens is 7. The minimum absolute atomic E-state index is 0.166. The number of rotatable bonds is 2. The van der Waals surface area contributed by atoms with Crippen LogP contribution in [0, 0.1) is 5.82 Å². The fourth-order valence-electron chi connectivity index (χ4n) is 1.23. The molecular formula is C11H9F7N2O. The minimum atomic E-state index is -5.74. The highest BCUT2D eigenvalue weighted by molar-refractivity contribution is 5.89. The minimum Gasteiger partial charge on any atom is -0.316 e. The van der Waals surface area contributed by atoms with Crippen molar-refractivity contribution in [1.82, 2.24) is 5.32 Å². The van der Waals surface area contributed by atoms with E-state index in [4.69, 9.17) is 0 Å². The Labute approximate surface area is 114 Å². The normalized spacial score (nSPS) is 13.0. The van der Waals surface area contributed by atoms with E-state index in [2.05, 4.69) is 0 Å². The van der Waals surface area contributed by atoms with Gasteiger partial charge in [-0.3, -0.25) is 0 Å². The first-order valence-electron chi connectivity index (χ1n) is 5.35. The maximum atomic E-state index is 12.6. The Morgan fingerprint density at radius 2 is 1.38 bits per heavy atom. The van der Waals surface area contributed by atoms with Gasteiger partial charge in [-0.05, 0) is 31.2 Å². The van der Waals surface area contributed by atoms with Crippen molar-refractivity contribution >= 4 is 11.7 Å². The highest BCUT2D eigenvalue weighted by Gasteiger charge is 2.68. The molecule has 10 heteroatoms. The van der Waals surface area contributed by atoms with E-state index in [0.29, 0.717) is 0 Å². The van der Waals surface area contributed by atoms with Crippen molar-refractivity contribution in [3.8, 4) is 0 Å². The summed E-state index contributed by atoms with van der Waals surface area (Å²) >= 11 is 0. The Morgan fingerprint density at radius 3 is 1.76 bits per heavy atom. The Morgan fingerprint density at radius 1 is 0.952 bits per heavy atom. The lowest BCUT2D eigenvalue weighted by atomic mass is 10.0. The molecule has 1 aromatic rings. The number of carbonyl (C=O) groups excluding carboxylic acids is 1. The molecule has 0 saturated carbocycles. The molecule has 0 bridgehead atoms. The summed E-state index contributed by atoms with van der Waals surface area (Å²) in [5.41, 5.74) is -4.58. The molecule has 0 aromatic heterocycles. The zero-order valence-corrected chi connectivity index (χ0v) is 10.4. The molecule has 0 aliphatic rings. The second-order valence-corrected chi connectivity index (χ2v) is 4.21. The first kappa shape index (κ1) is 17.1. The summed E-state index contributed by atoms with van der Waals surface area (Å²) in [7, 11) is 0. The van der Waals surface area contributed by atoms with Gasteiger partial charge in [0.05, 0.1) is 0 Å². The summed E-state index contributed by atoms with van der Waals surface area (Å²) in [4.78, 5) is 11.3. The number of nitrogens with one attached hydrogen (secondary N) is 2. The topological polar surface area (TPSA) is 41.1 Å². The van der Waals surface area contributed by atoms with E-state index in [9.17, 15) is 35.5 Å². The van der Waals surface area contributed by atoms with Gasteiger partial charge >= 0.3 is 18.4 Å². The van der Waals surface area contributed by atoms with E-state index in [0.717, 1.165) is 29.6 Å². The van der Waals surface area contributed by atoms with Crippen LogP contribution < -0.4 is 10.6 Å². The highest BCUT2D eigenvalue weighted by atomic mass is 19.4. The molecule has 21 heavy (non-hydrogen) atoms. The molecule has 2 amide bonds. The summed E-state index contributed by atoms with van der Waals surface area (Å²) in [6.07, 6.45) is -11.5. The Bertz CT molecular complexity index is 493. The van der Waals surface area contributed by atoms with Crippen molar-refractivity contribution in [1.29, 1.82) is 0 Å². The largest absolute Gasteiger partial charge is 0.420 e. The van der Waals surface area contributed by atoms with Gasteiger partial charge in [-0.2, -0.15) is 26.3 Å². The van der Waals surface area contributed by atoms with Crippen molar-refractivity contribution in [2.45, 2.75) is 24.8 Å². The molecular weight excluding hydrogens is 309 g/mol. The Balaban J connectivity index is 2.90. The lowest BCUT2D eigenvalue weighted by Crippen LogP contribution is -2.66. The third-order valence-corrected chi connectivity index (χ3v) is 2.60. The molecule has 0 heterocycles. The van der Waals surface area contributed by atoms with E-state index < -0.39 is 29.7 Å². The first-order chi connectivity index (χ1) is 9.37. The zero-order valence-electron chi connectivity index (χ0n) is 10.4. The molecule has 0 spiro atoms. The maximum absolute atomic E-state index is 12.6. The number of anilines is 1. The summed E-state index contributed by atoms with van der Waals surface area (Å²) in [5, 5.41) is 2.59. The maximum Gasteiger partial charge on any atom is 0.420 e. The first-order valence-corrected chi connectivity index (χ1v) is 5.35. The molecule has 1 aromatic carbocycles.